The molecule has 0 fully saturated rings. The highest BCUT2D eigenvalue weighted by Gasteiger charge is 2.19. The van der Waals surface area contributed by atoms with Crippen LogP contribution in [0.25, 0.3) is 0 Å². The second kappa shape index (κ2) is 6.81. The van der Waals surface area contributed by atoms with Gasteiger partial charge in [0, 0.05) is 25.5 Å². The molecule has 0 N–H and O–H groups in total. The van der Waals surface area contributed by atoms with Crippen molar-refractivity contribution in [1.82, 2.24) is 9.80 Å². The standard InChI is InChI=1S/C14H22N2OS/c1-11(14(17)15(2)3)16(4)10-12-6-8-13(18-5)9-7-12/h6-9,11H,10H2,1-5H3. The monoisotopic (exact) mass is 266 g/mol. The van der Waals surface area contributed by atoms with Crippen LogP contribution in [0.5, 0.6) is 0 Å². The van der Waals surface area contributed by atoms with Crippen molar-refractivity contribution in [3.63, 3.8) is 0 Å². The number of carbonyl (C=O) groups excluding carboxylic acids is 1. The van der Waals surface area contributed by atoms with E-state index in [1.54, 1.807) is 30.8 Å². The van der Waals surface area contributed by atoms with Gasteiger partial charge in [-0.15, -0.1) is 11.8 Å². The molecule has 1 aromatic rings. The van der Waals surface area contributed by atoms with E-state index in [4.69, 9.17) is 0 Å². The molecule has 100 valence electrons. The Labute approximate surface area is 114 Å². The third-order valence-corrected chi connectivity index (χ3v) is 3.79. The van der Waals surface area contributed by atoms with Crippen LogP contribution in [0.1, 0.15) is 12.5 Å². The van der Waals surface area contributed by atoms with Crippen LogP contribution >= 0.6 is 11.8 Å². The fourth-order valence-electron chi connectivity index (χ4n) is 1.72. The zero-order valence-corrected chi connectivity index (χ0v) is 12.6. The Kier molecular flexibility index (Phi) is 5.69. The molecule has 1 unspecified atom stereocenters. The lowest BCUT2D eigenvalue weighted by atomic mass is 10.2. The molecule has 1 aromatic carbocycles. The van der Waals surface area contributed by atoms with E-state index in [0.717, 1.165) is 6.54 Å². The number of carbonyl (C=O) groups is 1. The van der Waals surface area contributed by atoms with E-state index in [2.05, 4.69) is 35.4 Å². The molecule has 0 aliphatic carbocycles. The molecular formula is C14H22N2OS. The van der Waals surface area contributed by atoms with Crippen molar-refractivity contribution in [3.05, 3.63) is 29.8 Å². The van der Waals surface area contributed by atoms with Crippen molar-refractivity contribution in [2.45, 2.75) is 24.4 Å². The first kappa shape index (κ1) is 15.1. The minimum absolute atomic E-state index is 0.0970. The summed E-state index contributed by atoms with van der Waals surface area (Å²) >= 11 is 1.74. The van der Waals surface area contributed by atoms with Crippen LogP contribution in [0, 0.1) is 0 Å². The Morgan fingerprint density at radius 3 is 2.22 bits per heavy atom. The van der Waals surface area contributed by atoms with Gasteiger partial charge in [-0.25, -0.2) is 0 Å². The lowest BCUT2D eigenvalue weighted by Crippen LogP contribution is -2.42. The van der Waals surface area contributed by atoms with Crippen LogP contribution in [0.4, 0.5) is 0 Å². The topological polar surface area (TPSA) is 23.6 Å². The predicted molar refractivity (Wildman–Crippen MR) is 77.8 cm³/mol. The Hall–Kier alpha value is -1.00. The van der Waals surface area contributed by atoms with Gasteiger partial charge in [0.1, 0.15) is 0 Å². The molecule has 1 amide bonds. The third-order valence-electron chi connectivity index (χ3n) is 3.05. The number of benzene rings is 1. The molecule has 4 heteroatoms. The second-order valence-electron chi connectivity index (χ2n) is 4.67. The minimum Gasteiger partial charge on any atom is -0.347 e. The summed E-state index contributed by atoms with van der Waals surface area (Å²) in [5, 5.41) is 0. The van der Waals surface area contributed by atoms with Crippen LogP contribution in [0.15, 0.2) is 29.2 Å². The van der Waals surface area contributed by atoms with Gasteiger partial charge in [-0.3, -0.25) is 9.69 Å². The fraction of sp³-hybridized carbons (Fsp3) is 0.500. The van der Waals surface area contributed by atoms with E-state index in [1.165, 1.54) is 10.5 Å². The van der Waals surface area contributed by atoms with Gasteiger partial charge in [-0.1, -0.05) is 12.1 Å². The Morgan fingerprint density at radius 2 is 1.78 bits per heavy atom. The molecule has 0 radical (unpaired) electrons. The van der Waals surface area contributed by atoms with Crippen molar-refractivity contribution in [2.75, 3.05) is 27.4 Å². The van der Waals surface area contributed by atoms with Gasteiger partial charge in [0.2, 0.25) is 5.91 Å². The predicted octanol–water partition coefficient (Wildman–Crippen LogP) is 2.32. The van der Waals surface area contributed by atoms with Gasteiger partial charge >= 0.3 is 0 Å². The maximum absolute atomic E-state index is 11.9. The Balaban J connectivity index is 2.63. The Bertz CT molecular complexity index is 389. The van der Waals surface area contributed by atoms with Crippen LogP contribution in [0.3, 0.4) is 0 Å². The fourth-order valence-corrected chi connectivity index (χ4v) is 2.13. The zero-order valence-electron chi connectivity index (χ0n) is 11.8. The lowest BCUT2D eigenvalue weighted by molar-refractivity contribution is -0.133. The molecule has 18 heavy (non-hydrogen) atoms. The maximum Gasteiger partial charge on any atom is 0.239 e. The smallest absolute Gasteiger partial charge is 0.239 e. The van der Waals surface area contributed by atoms with Gasteiger partial charge in [0.05, 0.1) is 6.04 Å². The molecule has 0 heterocycles. The number of hydrogen-bond donors (Lipinski definition) is 0. The molecule has 1 atom stereocenters. The summed E-state index contributed by atoms with van der Waals surface area (Å²) in [6, 6.07) is 8.38. The molecule has 0 aromatic heterocycles. The molecular weight excluding hydrogens is 244 g/mol. The van der Waals surface area contributed by atoms with Crippen molar-refractivity contribution in [2.24, 2.45) is 0 Å². The SMILES string of the molecule is CSc1ccc(CN(C)C(C)C(=O)N(C)C)cc1. The summed E-state index contributed by atoms with van der Waals surface area (Å²) in [6.07, 6.45) is 2.07. The number of likely N-dealkylation sites (N-methyl/N-ethyl adjacent to an activating group) is 2. The normalized spacial score (nSPS) is 12.6. The number of thioether (sulfide) groups is 1. The lowest BCUT2D eigenvalue weighted by Gasteiger charge is -2.26. The van der Waals surface area contributed by atoms with Gasteiger partial charge < -0.3 is 4.90 Å². The van der Waals surface area contributed by atoms with Crippen LogP contribution in [-0.4, -0.2) is 49.1 Å². The van der Waals surface area contributed by atoms with E-state index in [-0.39, 0.29) is 11.9 Å². The van der Waals surface area contributed by atoms with Gasteiger partial charge in [0.15, 0.2) is 0 Å². The van der Waals surface area contributed by atoms with E-state index in [1.807, 2.05) is 14.0 Å². The summed E-state index contributed by atoms with van der Waals surface area (Å²) in [7, 11) is 5.56. The molecule has 3 nitrogen and oxygen atoms in total. The highest BCUT2D eigenvalue weighted by atomic mass is 32.2. The Morgan fingerprint density at radius 1 is 1.22 bits per heavy atom. The van der Waals surface area contributed by atoms with E-state index >= 15 is 0 Å². The summed E-state index contributed by atoms with van der Waals surface area (Å²) in [5.41, 5.74) is 1.23. The maximum atomic E-state index is 11.9. The first-order chi connectivity index (χ1) is 8.45. The van der Waals surface area contributed by atoms with Crippen LogP contribution in [-0.2, 0) is 11.3 Å². The molecule has 0 spiro atoms. The first-order valence-corrected chi connectivity index (χ1v) is 7.22. The van der Waals surface area contributed by atoms with Crippen LogP contribution < -0.4 is 0 Å². The molecule has 0 bridgehead atoms. The van der Waals surface area contributed by atoms with Crippen molar-refractivity contribution >= 4 is 17.7 Å². The summed E-state index contributed by atoms with van der Waals surface area (Å²) < 4.78 is 0. The largest absolute Gasteiger partial charge is 0.347 e. The molecule has 0 aliphatic heterocycles. The average molecular weight is 266 g/mol. The molecule has 1 rings (SSSR count). The highest BCUT2D eigenvalue weighted by Crippen LogP contribution is 2.16. The van der Waals surface area contributed by atoms with E-state index < -0.39 is 0 Å². The van der Waals surface area contributed by atoms with Crippen molar-refractivity contribution in [1.29, 1.82) is 0 Å². The number of rotatable bonds is 5. The summed E-state index contributed by atoms with van der Waals surface area (Å²) in [4.78, 5) is 16.8. The number of nitrogens with zero attached hydrogens (tertiary/aromatic N) is 2. The summed E-state index contributed by atoms with van der Waals surface area (Å²) in [5.74, 6) is 0.137. The van der Waals surface area contributed by atoms with E-state index in [0.29, 0.717) is 0 Å². The zero-order chi connectivity index (χ0) is 13.7. The molecule has 0 aliphatic rings. The molecule has 0 saturated heterocycles. The number of hydrogen-bond acceptors (Lipinski definition) is 3. The average Bonchev–Trinajstić information content (AvgIpc) is 2.37. The van der Waals surface area contributed by atoms with Crippen molar-refractivity contribution in [3.8, 4) is 0 Å². The van der Waals surface area contributed by atoms with Crippen LogP contribution in [0.2, 0.25) is 0 Å². The third kappa shape index (κ3) is 4.03. The molecule has 0 saturated carbocycles. The quantitative estimate of drug-likeness (QED) is 0.764. The minimum atomic E-state index is -0.0970. The second-order valence-corrected chi connectivity index (χ2v) is 5.55. The van der Waals surface area contributed by atoms with E-state index in [9.17, 15) is 4.79 Å². The first-order valence-electron chi connectivity index (χ1n) is 6.00. The van der Waals surface area contributed by atoms with Crippen molar-refractivity contribution < 1.29 is 4.79 Å². The highest BCUT2D eigenvalue weighted by molar-refractivity contribution is 7.98. The van der Waals surface area contributed by atoms with Gasteiger partial charge in [0.25, 0.3) is 0 Å². The number of amides is 1. The summed E-state index contributed by atoms with van der Waals surface area (Å²) in [6.45, 7) is 2.73. The van der Waals surface area contributed by atoms with Gasteiger partial charge in [-0.2, -0.15) is 0 Å². The van der Waals surface area contributed by atoms with Gasteiger partial charge in [-0.05, 0) is 37.9 Å².